The van der Waals surface area contributed by atoms with E-state index in [-0.39, 0.29) is 11.2 Å². The molecule has 1 aliphatic carbocycles. The Bertz CT molecular complexity index is 631. The molecule has 1 aliphatic rings. The topological polar surface area (TPSA) is 59.8 Å². The van der Waals surface area contributed by atoms with Crippen LogP contribution in [0.5, 0.6) is 0 Å². The molecule has 3 rings (SSSR count). The number of hydrogen-bond acceptors (Lipinski definition) is 3. The summed E-state index contributed by atoms with van der Waals surface area (Å²) in [6, 6.07) is 2.17. The second-order valence-corrected chi connectivity index (χ2v) is 5.17. The zero-order chi connectivity index (χ0) is 13.4. The second-order valence-electron chi connectivity index (χ2n) is 4.83. The molecule has 0 aliphatic heterocycles. The Hall–Kier alpha value is -1.62. The van der Waals surface area contributed by atoms with Gasteiger partial charge in [-0.2, -0.15) is 4.98 Å². The van der Waals surface area contributed by atoms with Crippen LogP contribution in [0.25, 0.3) is 11.0 Å². The maximum atomic E-state index is 12.0. The van der Waals surface area contributed by atoms with Crippen molar-refractivity contribution in [3.8, 4) is 0 Å². The van der Waals surface area contributed by atoms with Gasteiger partial charge in [-0.3, -0.25) is 4.79 Å². The van der Waals surface area contributed by atoms with E-state index in [9.17, 15) is 4.79 Å². The van der Waals surface area contributed by atoms with Crippen molar-refractivity contribution < 1.29 is 4.79 Å². The van der Waals surface area contributed by atoms with Crippen LogP contribution >= 0.6 is 11.6 Å². The molecule has 0 atom stereocenters. The maximum Gasteiger partial charge on any atom is 0.267 e. The van der Waals surface area contributed by atoms with Gasteiger partial charge < -0.3 is 9.88 Å². The van der Waals surface area contributed by atoms with E-state index in [1.165, 1.54) is 12.8 Å². The lowest BCUT2D eigenvalue weighted by atomic mass is 10.2. The Morgan fingerprint density at radius 3 is 2.89 bits per heavy atom. The van der Waals surface area contributed by atoms with E-state index in [4.69, 9.17) is 11.6 Å². The third kappa shape index (κ3) is 2.08. The van der Waals surface area contributed by atoms with E-state index >= 15 is 0 Å². The number of hydrogen-bond donors (Lipinski definition) is 1. The molecule has 2 heterocycles. The van der Waals surface area contributed by atoms with Crippen molar-refractivity contribution >= 4 is 28.5 Å². The molecule has 2 aromatic rings. The number of aromatic nitrogens is 3. The van der Waals surface area contributed by atoms with Gasteiger partial charge in [-0.15, -0.1) is 0 Å². The van der Waals surface area contributed by atoms with E-state index < -0.39 is 0 Å². The first-order chi connectivity index (χ1) is 9.20. The summed E-state index contributed by atoms with van der Waals surface area (Å²) in [4.78, 5) is 20.3. The van der Waals surface area contributed by atoms with Gasteiger partial charge in [-0.25, -0.2) is 4.98 Å². The van der Waals surface area contributed by atoms with Gasteiger partial charge in [0, 0.05) is 24.7 Å². The van der Waals surface area contributed by atoms with E-state index in [2.05, 4.69) is 15.3 Å². The Kier molecular flexibility index (Phi) is 3.14. The third-order valence-corrected chi connectivity index (χ3v) is 3.88. The van der Waals surface area contributed by atoms with Crippen molar-refractivity contribution in [1.82, 2.24) is 19.9 Å². The molecule has 0 unspecified atom stereocenters. The van der Waals surface area contributed by atoms with Gasteiger partial charge in [0.25, 0.3) is 5.91 Å². The average molecular weight is 279 g/mol. The molecule has 100 valence electrons. The van der Waals surface area contributed by atoms with Crippen LogP contribution in [0, 0.1) is 0 Å². The quantitative estimate of drug-likeness (QED) is 0.859. The SMILES string of the molecule is CNC(=O)c1cc2cnc(Cl)nc2n1C1CCCC1. The second kappa shape index (κ2) is 4.81. The van der Waals surface area contributed by atoms with Crippen LogP contribution in [0.15, 0.2) is 12.3 Å². The summed E-state index contributed by atoms with van der Waals surface area (Å²) in [5.74, 6) is -0.0963. The minimum Gasteiger partial charge on any atom is -0.354 e. The Morgan fingerprint density at radius 1 is 1.47 bits per heavy atom. The Balaban J connectivity index is 2.22. The van der Waals surface area contributed by atoms with E-state index in [1.807, 2.05) is 10.6 Å². The van der Waals surface area contributed by atoms with Gasteiger partial charge in [0.1, 0.15) is 11.3 Å². The fourth-order valence-corrected chi connectivity index (χ4v) is 2.95. The van der Waals surface area contributed by atoms with Gasteiger partial charge in [0.05, 0.1) is 0 Å². The monoisotopic (exact) mass is 278 g/mol. The molecule has 1 saturated carbocycles. The average Bonchev–Trinajstić information content (AvgIpc) is 3.03. The van der Waals surface area contributed by atoms with E-state index in [0.29, 0.717) is 11.7 Å². The Labute approximate surface area is 116 Å². The fraction of sp³-hybridized carbons (Fsp3) is 0.462. The molecule has 1 fully saturated rings. The zero-order valence-corrected chi connectivity index (χ0v) is 11.4. The lowest BCUT2D eigenvalue weighted by Crippen LogP contribution is -2.23. The molecular weight excluding hydrogens is 264 g/mol. The molecule has 5 nitrogen and oxygen atoms in total. The summed E-state index contributed by atoms with van der Waals surface area (Å²) in [6.45, 7) is 0. The fourth-order valence-electron chi connectivity index (χ4n) is 2.82. The number of nitrogens with zero attached hydrogens (tertiary/aromatic N) is 3. The first kappa shape index (κ1) is 12.4. The first-order valence-electron chi connectivity index (χ1n) is 6.46. The maximum absolute atomic E-state index is 12.0. The smallest absolute Gasteiger partial charge is 0.267 e. The summed E-state index contributed by atoms with van der Waals surface area (Å²) in [7, 11) is 1.64. The predicted octanol–water partition coefficient (Wildman–Crippen LogP) is 2.56. The number of amides is 1. The molecule has 0 spiro atoms. The lowest BCUT2D eigenvalue weighted by Gasteiger charge is -2.16. The summed E-state index contributed by atoms with van der Waals surface area (Å²) >= 11 is 5.88. The highest BCUT2D eigenvalue weighted by atomic mass is 35.5. The van der Waals surface area contributed by atoms with Crippen LogP contribution < -0.4 is 5.32 Å². The highest BCUT2D eigenvalue weighted by Gasteiger charge is 2.25. The zero-order valence-electron chi connectivity index (χ0n) is 10.7. The molecule has 6 heteroatoms. The number of carbonyl (C=O) groups is 1. The minimum atomic E-state index is -0.0963. The molecule has 1 N–H and O–H groups in total. The van der Waals surface area contributed by atoms with Crippen molar-refractivity contribution in [1.29, 1.82) is 0 Å². The number of fused-ring (bicyclic) bond motifs is 1. The number of rotatable bonds is 2. The molecule has 0 radical (unpaired) electrons. The van der Waals surface area contributed by atoms with E-state index in [1.54, 1.807) is 13.2 Å². The first-order valence-corrected chi connectivity index (χ1v) is 6.84. The van der Waals surface area contributed by atoms with Gasteiger partial charge >= 0.3 is 0 Å². The predicted molar refractivity (Wildman–Crippen MR) is 73.4 cm³/mol. The van der Waals surface area contributed by atoms with Gasteiger partial charge in [0.2, 0.25) is 5.28 Å². The molecule has 19 heavy (non-hydrogen) atoms. The van der Waals surface area contributed by atoms with Gasteiger partial charge in [-0.1, -0.05) is 12.8 Å². The molecule has 1 amide bonds. The van der Waals surface area contributed by atoms with Crippen molar-refractivity contribution in [2.45, 2.75) is 31.7 Å². The van der Waals surface area contributed by atoms with Crippen molar-refractivity contribution in [2.24, 2.45) is 0 Å². The lowest BCUT2D eigenvalue weighted by molar-refractivity contribution is 0.0952. The molecule has 0 aromatic carbocycles. The molecule has 0 bridgehead atoms. The molecule has 0 saturated heterocycles. The van der Waals surface area contributed by atoms with Crippen LogP contribution in [-0.4, -0.2) is 27.5 Å². The van der Waals surface area contributed by atoms with Crippen molar-refractivity contribution in [3.63, 3.8) is 0 Å². The summed E-state index contributed by atoms with van der Waals surface area (Å²) in [5.41, 5.74) is 1.39. The Morgan fingerprint density at radius 2 is 2.21 bits per heavy atom. The van der Waals surface area contributed by atoms with Crippen LogP contribution in [0.4, 0.5) is 0 Å². The number of halogens is 1. The number of nitrogens with one attached hydrogen (secondary N) is 1. The summed E-state index contributed by atoms with van der Waals surface area (Å²) in [6.07, 6.45) is 6.21. The van der Waals surface area contributed by atoms with E-state index in [0.717, 1.165) is 23.9 Å². The highest BCUT2D eigenvalue weighted by molar-refractivity contribution is 6.28. The largest absolute Gasteiger partial charge is 0.354 e. The summed E-state index contributed by atoms with van der Waals surface area (Å²) < 4.78 is 2.02. The minimum absolute atomic E-state index is 0.0963. The molecular formula is C13H15ClN4O. The standard InChI is InChI=1S/C13H15ClN4O/c1-15-12(19)10-6-8-7-16-13(14)17-11(8)18(10)9-4-2-3-5-9/h6-7,9H,2-5H2,1H3,(H,15,19). The van der Waals surface area contributed by atoms with Gasteiger partial charge in [-0.05, 0) is 30.5 Å². The van der Waals surface area contributed by atoms with Gasteiger partial charge in [0.15, 0.2) is 0 Å². The van der Waals surface area contributed by atoms with Crippen LogP contribution in [0.3, 0.4) is 0 Å². The van der Waals surface area contributed by atoms with Crippen LogP contribution in [0.1, 0.15) is 42.2 Å². The normalized spacial score (nSPS) is 16.1. The third-order valence-electron chi connectivity index (χ3n) is 3.70. The molecule has 2 aromatic heterocycles. The van der Waals surface area contributed by atoms with Crippen LogP contribution in [-0.2, 0) is 0 Å². The summed E-state index contributed by atoms with van der Waals surface area (Å²) in [5, 5.41) is 3.75. The van der Waals surface area contributed by atoms with Crippen molar-refractivity contribution in [3.05, 3.63) is 23.2 Å². The van der Waals surface area contributed by atoms with Crippen molar-refractivity contribution in [2.75, 3.05) is 7.05 Å². The number of carbonyl (C=O) groups excluding carboxylic acids is 1. The van der Waals surface area contributed by atoms with Crippen LogP contribution in [0.2, 0.25) is 5.28 Å². The highest BCUT2D eigenvalue weighted by Crippen LogP contribution is 2.34.